The molecule has 70 valence electrons. The first-order valence-corrected chi connectivity index (χ1v) is 4.06. The normalized spacial score (nSPS) is 12.2. The van der Waals surface area contributed by atoms with Crippen molar-refractivity contribution in [3.05, 3.63) is 12.2 Å². The second-order valence-electron chi connectivity index (χ2n) is 2.74. The zero-order valence-electron chi connectivity index (χ0n) is 7.67. The highest BCUT2D eigenvalue weighted by Crippen LogP contribution is 2.09. The number of esters is 1. The molecule has 1 unspecified atom stereocenters. The summed E-state index contributed by atoms with van der Waals surface area (Å²) < 4.78 is 4.44. The number of rotatable bonds is 5. The summed E-state index contributed by atoms with van der Waals surface area (Å²) in [6.45, 7) is 5.49. The van der Waals surface area contributed by atoms with E-state index < -0.39 is 12.1 Å². The van der Waals surface area contributed by atoms with E-state index in [0.717, 1.165) is 6.42 Å². The molecule has 0 aliphatic rings. The predicted molar refractivity (Wildman–Crippen MR) is 46.7 cm³/mol. The van der Waals surface area contributed by atoms with Crippen LogP contribution in [-0.4, -0.2) is 24.3 Å². The zero-order chi connectivity index (χ0) is 9.56. The van der Waals surface area contributed by atoms with Crippen LogP contribution in [0.15, 0.2) is 12.2 Å². The van der Waals surface area contributed by atoms with Crippen LogP contribution in [0.3, 0.4) is 0 Å². The number of carbonyl (C=O) groups is 1. The van der Waals surface area contributed by atoms with Crippen molar-refractivity contribution in [1.29, 1.82) is 0 Å². The molecule has 0 aliphatic carbocycles. The first-order valence-electron chi connectivity index (χ1n) is 4.06. The van der Waals surface area contributed by atoms with Gasteiger partial charge in [0.2, 0.25) is 0 Å². The Kier molecular flexibility index (Phi) is 5.37. The lowest BCUT2D eigenvalue weighted by Crippen LogP contribution is -2.12. The van der Waals surface area contributed by atoms with Gasteiger partial charge < -0.3 is 9.84 Å². The minimum absolute atomic E-state index is 0.306. The molecule has 0 fully saturated rings. The Hall–Kier alpha value is -0.830. The van der Waals surface area contributed by atoms with Gasteiger partial charge >= 0.3 is 5.97 Å². The van der Waals surface area contributed by atoms with E-state index in [0.29, 0.717) is 18.4 Å². The van der Waals surface area contributed by atoms with Crippen LogP contribution in [0, 0.1) is 0 Å². The Morgan fingerprint density at radius 1 is 1.67 bits per heavy atom. The highest BCUT2D eigenvalue weighted by molar-refractivity contribution is 5.87. The molecule has 3 heteroatoms. The van der Waals surface area contributed by atoms with Crippen LogP contribution in [0.4, 0.5) is 0 Å². The number of aliphatic hydroxyl groups excluding tert-OH is 1. The summed E-state index contributed by atoms with van der Waals surface area (Å²) in [6, 6.07) is 0. The van der Waals surface area contributed by atoms with Gasteiger partial charge in [0.05, 0.1) is 13.2 Å². The monoisotopic (exact) mass is 172 g/mol. The predicted octanol–water partition coefficient (Wildman–Crippen LogP) is 1.27. The molecule has 0 spiro atoms. The van der Waals surface area contributed by atoms with Gasteiger partial charge in [0.15, 0.2) is 0 Å². The lowest BCUT2D eigenvalue weighted by molar-refractivity contribution is -0.136. The van der Waals surface area contributed by atoms with Crippen molar-refractivity contribution in [1.82, 2.24) is 0 Å². The fourth-order valence-electron chi connectivity index (χ4n) is 0.947. The van der Waals surface area contributed by atoms with Gasteiger partial charge in [0, 0.05) is 12.0 Å². The van der Waals surface area contributed by atoms with E-state index in [1.807, 2.05) is 6.92 Å². The Morgan fingerprint density at radius 3 is 2.67 bits per heavy atom. The van der Waals surface area contributed by atoms with E-state index in [1.165, 1.54) is 7.11 Å². The molecule has 0 saturated carbocycles. The van der Waals surface area contributed by atoms with E-state index in [4.69, 9.17) is 0 Å². The first-order chi connectivity index (χ1) is 5.61. The van der Waals surface area contributed by atoms with Crippen molar-refractivity contribution >= 4 is 5.97 Å². The standard InChI is InChI=1S/C9H16O3/c1-4-5-8(10)6-7(2)9(11)12-3/h8,10H,2,4-6H2,1,3H3. The minimum atomic E-state index is -0.471. The van der Waals surface area contributed by atoms with Crippen molar-refractivity contribution in [2.45, 2.75) is 32.3 Å². The van der Waals surface area contributed by atoms with E-state index in [2.05, 4.69) is 11.3 Å². The zero-order valence-corrected chi connectivity index (χ0v) is 7.67. The maximum absolute atomic E-state index is 10.8. The Morgan fingerprint density at radius 2 is 2.25 bits per heavy atom. The molecule has 0 aromatic heterocycles. The molecule has 0 amide bonds. The quantitative estimate of drug-likeness (QED) is 0.501. The lowest BCUT2D eigenvalue weighted by Gasteiger charge is -2.09. The van der Waals surface area contributed by atoms with Crippen LogP contribution >= 0.6 is 0 Å². The smallest absolute Gasteiger partial charge is 0.333 e. The Balaban J connectivity index is 3.76. The van der Waals surface area contributed by atoms with Crippen LogP contribution in [0.5, 0.6) is 0 Å². The van der Waals surface area contributed by atoms with E-state index in [9.17, 15) is 9.90 Å². The second kappa shape index (κ2) is 5.77. The molecule has 12 heavy (non-hydrogen) atoms. The average Bonchev–Trinajstić information content (AvgIpc) is 2.03. The fourth-order valence-corrected chi connectivity index (χ4v) is 0.947. The largest absolute Gasteiger partial charge is 0.466 e. The van der Waals surface area contributed by atoms with Gasteiger partial charge in [-0.05, 0) is 6.42 Å². The van der Waals surface area contributed by atoms with Crippen LogP contribution in [-0.2, 0) is 9.53 Å². The van der Waals surface area contributed by atoms with Crippen molar-refractivity contribution in [3.63, 3.8) is 0 Å². The van der Waals surface area contributed by atoms with Gasteiger partial charge in [-0.1, -0.05) is 19.9 Å². The van der Waals surface area contributed by atoms with Crippen LogP contribution < -0.4 is 0 Å². The van der Waals surface area contributed by atoms with Crippen molar-refractivity contribution < 1.29 is 14.6 Å². The molecule has 0 rings (SSSR count). The first kappa shape index (κ1) is 11.2. The number of hydrogen-bond acceptors (Lipinski definition) is 3. The third-order valence-electron chi connectivity index (χ3n) is 1.58. The highest BCUT2D eigenvalue weighted by Gasteiger charge is 2.11. The Bertz CT molecular complexity index is 163. The van der Waals surface area contributed by atoms with Gasteiger partial charge in [0.1, 0.15) is 0 Å². The summed E-state index contributed by atoms with van der Waals surface area (Å²) in [5.74, 6) is -0.440. The summed E-state index contributed by atoms with van der Waals surface area (Å²) in [5.41, 5.74) is 0.332. The summed E-state index contributed by atoms with van der Waals surface area (Å²) in [5, 5.41) is 9.30. The molecule has 0 bridgehead atoms. The molecule has 0 aromatic carbocycles. The number of aliphatic hydroxyl groups is 1. The van der Waals surface area contributed by atoms with Crippen molar-refractivity contribution in [2.75, 3.05) is 7.11 Å². The van der Waals surface area contributed by atoms with E-state index in [-0.39, 0.29) is 0 Å². The lowest BCUT2D eigenvalue weighted by atomic mass is 10.1. The number of ether oxygens (including phenoxy) is 1. The molecule has 0 radical (unpaired) electrons. The van der Waals surface area contributed by atoms with Gasteiger partial charge in [-0.2, -0.15) is 0 Å². The van der Waals surface area contributed by atoms with Crippen molar-refractivity contribution in [2.24, 2.45) is 0 Å². The second-order valence-corrected chi connectivity index (χ2v) is 2.74. The SMILES string of the molecule is C=C(CC(O)CCC)C(=O)OC. The topological polar surface area (TPSA) is 46.5 Å². The number of hydrogen-bond donors (Lipinski definition) is 1. The molecule has 1 atom stereocenters. The number of methoxy groups -OCH3 is 1. The highest BCUT2D eigenvalue weighted by atomic mass is 16.5. The number of carbonyl (C=O) groups excluding carboxylic acids is 1. The minimum Gasteiger partial charge on any atom is -0.466 e. The summed E-state index contributed by atoms with van der Waals surface area (Å²) in [6.07, 6.45) is 1.42. The fraction of sp³-hybridized carbons (Fsp3) is 0.667. The maximum atomic E-state index is 10.8. The maximum Gasteiger partial charge on any atom is 0.333 e. The third kappa shape index (κ3) is 4.13. The molecular weight excluding hydrogens is 156 g/mol. The van der Waals surface area contributed by atoms with Gasteiger partial charge in [-0.25, -0.2) is 4.79 Å². The molecule has 0 aliphatic heterocycles. The van der Waals surface area contributed by atoms with Gasteiger partial charge in [-0.3, -0.25) is 0 Å². The molecular formula is C9H16O3. The van der Waals surface area contributed by atoms with Gasteiger partial charge in [0.25, 0.3) is 0 Å². The summed E-state index contributed by atoms with van der Waals surface area (Å²) in [7, 11) is 1.31. The molecule has 3 nitrogen and oxygen atoms in total. The van der Waals surface area contributed by atoms with E-state index in [1.54, 1.807) is 0 Å². The van der Waals surface area contributed by atoms with Gasteiger partial charge in [-0.15, -0.1) is 0 Å². The van der Waals surface area contributed by atoms with Crippen LogP contribution in [0.1, 0.15) is 26.2 Å². The molecule has 0 saturated heterocycles. The summed E-state index contributed by atoms with van der Waals surface area (Å²) in [4.78, 5) is 10.8. The Labute approximate surface area is 73.0 Å². The van der Waals surface area contributed by atoms with Crippen LogP contribution in [0.25, 0.3) is 0 Å². The van der Waals surface area contributed by atoms with Crippen LogP contribution in [0.2, 0.25) is 0 Å². The average molecular weight is 172 g/mol. The molecule has 0 aromatic rings. The molecule has 1 N–H and O–H groups in total. The van der Waals surface area contributed by atoms with E-state index >= 15 is 0 Å². The van der Waals surface area contributed by atoms with Crippen molar-refractivity contribution in [3.8, 4) is 0 Å². The summed E-state index contributed by atoms with van der Waals surface area (Å²) >= 11 is 0. The molecule has 0 heterocycles. The third-order valence-corrected chi connectivity index (χ3v) is 1.58.